The van der Waals surface area contributed by atoms with E-state index in [4.69, 9.17) is 9.84 Å². The lowest BCUT2D eigenvalue weighted by atomic mass is 10.0. The first-order valence-electron chi connectivity index (χ1n) is 6.03. The van der Waals surface area contributed by atoms with E-state index in [1.54, 1.807) is 13.8 Å². The zero-order valence-electron chi connectivity index (χ0n) is 11.6. The summed E-state index contributed by atoms with van der Waals surface area (Å²) in [5.41, 5.74) is -1.28. The van der Waals surface area contributed by atoms with Crippen molar-refractivity contribution in [3.63, 3.8) is 0 Å². The third-order valence-electron chi connectivity index (χ3n) is 3.41. The van der Waals surface area contributed by atoms with Crippen LogP contribution in [0.5, 0.6) is 0 Å². The molecular weight excluding hydrogens is 256 g/mol. The lowest BCUT2D eigenvalue weighted by Gasteiger charge is -2.28. The second kappa shape index (κ2) is 4.49. The number of carboxylic acid groups (broad SMARTS) is 1. The molecule has 0 aromatic heterocycles. The summed E-state index contributed by atoms with van der Waals surface area (Å²) in [6, 6.07) is 0. The second-order valence-corrected chi connectivity index (χ2v) is 8.71. The standard InChI is InChI=1S/C12H22O5S/c1-8(6-10(13)14)18(15,16)9-7-11(2,3)17-12(9,4)5/h8-9H,6-7H2,1-5H3,(H,13,14). The van der Waals surface area contributed by atoms with E-state index in [0.29, 0.717) is 6.42 Å². The lowest BCUT2D eigenvalue weighted by Crippen LogP contribution is -2.42. The number of rotatable bonds is 4. The largest absolute Gasteiger partial charge is 0.481 e. The monoisotopic (exact) mass is 278 g/mol. The zero-order valence-corrected chi connectivity index (χ0v) is 12.4. The lowest BCUT2D eigenvalue weighted by molar-refractivity contribution is -0.136. The van der Waals surface area contributed by atoms with Crippen molar-refractivity contribution in [1.29, 1.82) is 0 Å². The van der Waals surface area contributed by atoms with Gasteiger partial charge < -0.3 is 9.84 Å². The van der Waals surface area contributed by atoms with Crippen LogP contribution in [-0.2, 0) is 19.4 Å². The highest BCUT2D eigenvalue weighted by molar-refractivity contribution is 7.92. The molecule has 1 fully saturated rings. The Labute approximate surface area is 108 Å². The van der Waals surface area contributed by atoms with Gasteiger partial charge in [-0.15, -0.1) is 0 Å². The Kier molecular flexibility index (Phi) is 3.85. The van der Waals surface area contributed by atoms with Gasteiger partial charge in [-0.05, 0) is 41.0 Å². The summed E-state index contributed by atoms with van der Waals surface area (Å²) in [4.78, 5) is 10.7. The predicted molar refractivity (Wildman–Crippen MR) is 68.3 cm³/mol. The Bertz CT molecular complexity index is 435. The fourth-order valence-corrected chi connectivity index (χ4v) is 5.07. The fourth-order valence-electron chi connectivity index (χ4n) is 2.67. The van der Waals surface area contributed by atoms with E-state index in [0.717, 1.165) is 0 Å². The molecule has 5 nitrogen and oxygen atoms in total. The van der Waals surface area contributed by atoms with Gasteiger partial charge in [-0.25, -0.2) is 8.42 Å². The van der Waals surface area contributed by atoms with E-state index in [1.165, 1.54) is 6.92 Å². The Morgan fingerprint density at radius 2 is 1.89 bits per heavy atom. The van der Waals surface area contributed by atoms with Crippen LogP contribution in [-0.4, -0.2) is 41.2 Å². The van der Waals surface area contributed by atoms with Gasteiger partial charge in [0, 0.05) is 0 Å². The molecule has 1 saturated heterocycles. The van der Waals surface area contributed by atoms with E-state index < -0.39 is 37.5 Å². The molecule has 2 atom stereocenters. The number of ether oxygens (including phenoxy) is 1. The molecule has 0 radical (unpaired) electrons. The van der Waals surface area contributed by atoms with Crippen molar-refractivity contribution in [3.8, 4) is 0 Å². The van der Waals surface area contributed by atoms with Crippen molar-refractivity contribution in [3.05, 3.63) is 0 Å². The van der Waals surface area contributed by atoms with E-state index in [-0.39, 0.29) is 6.42 Å². The molecule has 106 valence electrons. The summed E-state index contributed by atoms with van der Waals surface area (Å²) in [5.74, 6) is -1.10. The molecule has 0 spiro atoms. The van der Waals surface area contributed by atoms with E-state index in [1.807, 2.05) is 13.8 Å². The molecular formula is C12H22O5S. The maximum absolute atomic E-state index is 12.4. The Morgan fingerprint density at radius 3 is 2.22 bits per heavy atom. The number of carboxylic acids is 1. The molecule has 1 aliphatic heterocycles. The summed E-state index contributed by atoms with van der Waals surface area (Å²) in [5, 5.41) is 7.18. The maximum atomic E-state index is 12.4. The Hall–Kier alpha value is -0.620. The normalized spacial score (nSPS) is 27.9. The van der Waals surface area contributed by atoms with Crippen molar-refractivity contribution >= 4 is 15.8 Å². The summed E-state index contributed by atoms with van der Waals surface area (Å²) >= 11 is 0. The highest BCUT2D eigenvalue weighted by atomic mass is 32.2. The van der Waals surface area contributed by atoms with E-state index in [2.05, 4.69) is 0 Å². The SMILES string of the molecule is CC(CC(=O)O)S(=O)(=O)C1CC(C)(C)OC1(C)C. The van der Waals surface area contributed by atoms with Gasteiger partial charge >= 0.3 is 5.97 Å². The topological polar surface area (TPSA) is 80.7 Å². The Balaban J connectivity index is 3.02. The van der Waals surface area contributed by atoms with Gasteiger partial charge in [0.15, 0.2) is 9.84 Å². The minimum atomic E-state index is -3.52. The van der Waals surface area contributed by atoms with Crippen LogP contribution >= 0.6 is 0 Å². The molecule has 6 heteroatoms. The number of hydrogen-bond acceptors (Lipinski definition) is 4. The number of carbonyl (C=O) groups is 1. The molecule has 1 heterocycles. The smallest absolute Gasteiger partial charge is 0.304 e. The second-order valence-electron chi connectivity index (χ2n) is 6.16. The molecule has 0 aromatic carbocycles. The summed E-state index contributed by atoms with van der Waals surface area (Å²) in [6.07, 6.45) is 0.0294. The van der Waals surface area contributed by atoms with Crippen molar-refractivity contribution in [1.82, 2.24) is 0 Å². The van der Waals surface area contributed by atoms with Crippen LogP contribution in [0.2, 0.25) is 0 Å². The van der Waals surface area contributed by atoms with Gasteiger partial charge in [0.05, 0.1) is 28.1 Å². The van der Waals surface area contributed by atoms with Crippen molar-refractivity contribution in [2.24, 2.45) is 0 Å². The number of aliphatic carboxylic acids is 1. The van der Waals surface area contributed by atoms with Gasteiger partial charge in [0.25, 0.3) is 0 Å². The van der Waals surface area contributed by atoms with Crippen LogP contribution < -0.4 is 0 Å². The number of hydrogen-bond donors (Lipinski definition) is 1. The van der Waals surface area contributed by atoms with Gasteiger partial charge in [0.2, 0.25) is 0 Å². The molecule has 1 aliphatic rings. The summed E-state index contributed by atoms with van der Waals surface area (Å²) < 4.78 is 30.6. The minimum absolute atomic E-state index is 0.366. The molecule has 0 saturated carbocycles. The third kappa shape index (κ3) is 3.03. The van der Waals surface area contributed by atoms with Crippen LogP contribution in [0.15, 0.2) is 0 Å². The highest BCUT2D eigenvalue weighted by Gasteiger charge is 2.53. The van der Waals surface area contributed by atoms with E-state index in [9.17, 15) is 13.2 Å². The molecule has 1 rings (SSSR count). The molecule has 2 unspecified atom stereocenters. The summed E-state index contributed by atoms with van der Waals surface area (Å²) in [7, 11) is -3.52. The average Bonchev–Trinajstić information content (AvgIpc) is 2.33. The average molecular weight is 278 g/mol. The number of sulfone groups is 1. The fraction of sp³-hybridized carbons (Fsp3) is 0.917. The third-order valence-corrected chi connectivity index (χ3v) is 6.23. The van der Waals surface area contributed by atoms with Gasteiger partial charge in [-0.3, -0.25) is 4.79 Å². The Morgan fingerprint density at radius 1 is 1.39 bits per heavy atom. The molecule has 0 aromatic rings. The first-order valence-corrected chi connectivity index (χ1v) is 7.64. The van der Waals surface area contributed by atoms with Crippen LogP contribution in [0.4, 0.5) is 0 Å². The van der Waals surface area contributed by atoms with Gasteiger partial charge in [-0.1, -0.05) is 0 Å². The molecule has 0 amide bonds. The quantitative estimate of drug-likeness (QED) is 0.845. The first kappa shape index (κ1) is 15.4. The van der Waals surface area contributed by atoms with Gasteiger partial charge in [0.1, 0.15) is 0 Å². The maximum Gasteiger partial charge on any atom is 0.304 e. The van der Waals surface area contributed by atoms with Crippen LogP contribution in [0, 0.1) is 0 Å². The van der Waals surface area contributed by atoms with Crippen molar-refractivity contribution < 1.29 is 23.1 Å². The van der Waals surface area contributed by atoms with Crippen LogP contribution in [0.25, 0.3) is 0 Å². The predicted octanol–water partition coefficient (Wildman–Crippen LogP) is 1.61. The molecule has 1 N–H and O–H groups in total. The van der Waals surface area contributed by atoms with Crippen molar-refractivity contribution in [2.75, 3.05) is 0 Å². The first-order chi connectivity index (χ1) is 7.88. The van der Waals surface area contributed by atoms with Crippen LogP contribution in [0.3, 0.4) is 0 Å². The molecule has 18 heavy (non-hydrogen) atoms. The zero-order chi connectivity index (χ0) is 14.4. The highest BCUT2D eigenvalue weighted by Crippen LogP contribution is 2.42. The molecule has 0 bridgehead atoms. The van der Waals surface area contributed by atoms with Gasteiger partial charge in [-0.2, -0.15) is 0 Å². The van der Waals surface area contributed by atoms with E-state index >= 15 is 0 Å². The molecule has 0 aliphatic carbocycles. The minimum Gasteiger partial charge on any atom is -0.481 e. The van der Waals surface area contributed by atoms with Crippen LogP contribution in [0.1, 0.15) is 47.5 Å². The van der Waals surface area contributed by atoms with Crippen molar-refractivity contribution in [2.45, 2.75) is 69.2 Å². The summed E-state index contributed by atoms with van der Waals surface area (Å²) in [6.45, 7) is 8.65.